The van der Waals surface area contributed by atoms with Gasteiger partial charge in [0.2, 0.25) is 5.91 Å². The van der Waals surface area contributed by atoms with Crippen LogP contribution in [0.3, 0.4) is 0 Å². The van der Waals surface area contributed by atoms with Crippen LogP contribution in [0.5, 0.6) is 5.75 Å². The molecule has 0 aliphatic rings. The smallest absolute Gasteiger partial charge is 0.303 e. The molecule has 0 heterocycles. The number of rotatable bonds is 8. The Kier molecular flexibility index (Phi) is 6.03. The Labute approximate surface area is 118 Å². The summed E-state index contributed by atoms with van der Waals surface area (Å²) in [5.41, 5.74) is -0.545. The Balaban J connectivity index is 2.22. The van der Waals surface area contributed by atoms with Gasteiger partial charge in [0.1, 0.15) is 12.4 Å². The van der Waals surface area contributed by atoms with Gasteiger partial charge in [-0.2, -0.15) is 0 Å². The number of nitrogens with one attached hydrogen (secondary N) is 1. The van der Waals surface area contributed by atoms with E-state index in [2.05, 4.69) is 5.32 Å². The Morgan fingerprint density at radius 3 is 2.45 bits per heavy atom. The van der Waals surface area contributed by atoms with Crippen molar-refractivity contribution >= 4 is 11.9 Å². The quantitative estimate of drug-likeness (QED) is 0.714. The summed E-state index contributed by atoms with van der Waals surface area (Å²) >= 11 is 0. The fraction of sp³-hybridized carbons (Fsp3) is 0.467. The lowest BCUT2D eigenvalue weighted by Crippen LogP contribution is -2.32. The number of hydrogen-bond acceptors (Lipinski definition) is 3. The lowest BCUT2D eigenvalue weighted by atomic mass is 9.85. The van der Waals surface area contributed by atoms with E-state index < -0.39 is 11.4 Å². The molecule has 5 nitrogen and oxygen atoms in total. The molecule has 1 rings (SSSR count). The number of para-hydroxylation sites is 1. The normalized spacial score (nSPS) is 10.9. The van der Waals surface area contributed by atoms with E-state index in [9.17, 15) is 9.59 Å². The molecule has 0 fully saturated rings. The van der Waals surface area contributed by atoms with E-state index in [1.807, 2.05) is 30.3 Å². The summed E-state index contributed by atoms with van der Waals surface area (Å²) in [4.78, 5) is 22.4. The number of ether oxygens (including phenoxy) is 1. The van der Waals surface area contributed by atoms with Crippen LogP contribution in [0.2, 0.25) is 0 Å². The predicted molar refractivity (Wildman–Crippen MR) is 75.6 cm³/mol. The van der Waals surface area contributed by atoms with Gasteiger partial charge in [0.25, 0.3) is 0 Å². The van der Waals surface area contributed by atoms with Crippen molar-refractivity contribution in [2.75, 3.05) is 13.2 Å². The van der Waals surface area contributed by atoms with Crippen LogP contribution in [0.4, 0.5) is 0 Å². The summed E-state index contributed by atoms with van der Waals surface area (Å²) < 4.78 is 5.44. The summed E-state index contributed by atoms with van der Waals surface area (Å²) in [5.74, 6) is -0.295. The maximum Gasteiger partial charge on any atom is 0.303 e. The van der Waals surface area contributed by atoms with Crippen LogP contribution >= 0.6 is 0 Å². The second-order valence-corrected chi connectivity index (χ2v) is 5.42. The molecule has 0 aliphatic heterocycles. The zero-order chi connectivity index (χ0) is 15.0. The summed E-state index contributed by atoms with van der Waals surface area (Å²) in [6, 6.07) is 9.35. The summed E-state index contributed by atoms with van der Waals surface area (Å²) in [6.07, 6.45) is 0.158. The van der Waals surface area contributed by atoms with Crippen molar-refractivity contribution in [1.29, 1.82) is 0 Å². The number of carbonyl (C=O) groups is 2. The zero-order valence-electron chi connectivity index (χ0n) is 11.9. The van der Waals surface area contributed by atoms with Crippen LogP contribution in [0.15, 0.2) is 30.3 Å². The predicted octanol–water partition coefficient (Wildman–Crippen LogP) is 2.07. The number of benzene rings is 1. The van der Waals surface area contributed by atoms with Gasteiger partial charge >= 0.3 is 5.97 Å². The van der Waals surface area contributed by atoms with Crippen LogP contribution in [0, 0.1) is 5.41 Å². The fourth-order valence-corrected chi connectivity index (χ4v) is 1.85. The summed E-state index contributed by atoms with van der Waals surface area (Å²) in [5, 5.41) is 11.5. The number of hydrogen-bond donors (Lipinski definition) is 2. The molecule has 0 saturated heterocycles. The molecule has 0 atom stereocenters. The second kappa shape index (κ2) is 7.53. The maximum absolute atomic E-state index is 11.7. The van der Waals surface area contributed by atoms with E-state index in [1.54, 1.807) is 13.8 Å². The average Bonchev–Trinajstić information content (AvgIpc) is 2.33. The number of carboxylic acids is 1. The molecule has 5 heteroatoms. The number of amides is 1. The molecule has 0 spiro atoms. The van der Waals surface area contributed by atoms with E-state index >= 15 is 0 Å². The highest BCUT2D eigenvalue weighted by Crippen LogP contribution is 2.24. The first-order chi connectivity index (χ1) is 9.39. The topological polar surface area (TPSA) is 75.6 Å². The Bertz CT molecular complexity index is 442. The van der Waals surface area contributed by atoms with Crippen molar-refractivity contribution < 1.29 is 19.4 Å². The van der Waals surface area contributed by atoms with E-state index in [0.717, 1.165) is 5.75 Å². The van der Waals surface area contributed by atoms with Crippen molar-refractivity contribution in [2.45, 2.75) is 26.7 Å². The minimum atomic E-state index is -0.893. The van der Waals surface area contributed by atoms with E-state index in [1.165, 1.54) is 0 Å². The average molecular weight is 279 g/mol. The molecular weight excluding hydrogens is 258 g/mol. The van der Waals surface area contributed by atoms with Crippen molar-refractivity contribution in [2.24, 2.45) is 5.41 Å². The Morgan fingerprint density at radius 1 is 1.20 bits per heavy atom. The molecule has 0 bridgehead atoms. The molecular formula is C15H21NO4. The molecule has 1 amide bonds. The molecule has 20 heavy (non-hydrogen) atoms. The third-order valence-corrected chi connectivity index (χ3v) is 2.71. The molecule has 1 aromatic carbocycles. The van der Waals surface area contributed by atoms with E-state index in [0.29, 0.717) is 13.2 Å². The van der Waals surface area contributed by atoms with Gasteiger partial charge in [-0.15, -0.1) is 0 Å². The molecule has 0 aliphatic carbocycles. The van der Waals surface area contributed by atoms with Crippen molar-refractivity contribution in [1.82, 2.24) is 5.32 Å². The number of carboxylic acid groups (broad SMARTS) is 1. The van der Waals surface area contributed by atoms with Crippen LogP contribution in [0.25, 0.3) is 0 Å². The molecule has 0 saturated carbocycles. The highest BCUT2D eigenvalue weighted by atomic mass is 16.5. The van der Waals surface area contributed by atoms with Crippen LogP contribution < -0.4 is 10.1 Å². The highest BCUT2D eigenvalue weighted by molar-refractivity contribution is 5.77. The van der Waals surface area contributed by atoms with Gasteiger partial charge in [-0.05, 0) is 17.5 Å². The van der Waals surface area contributed by atoms with Crippen LogP contribution in [-0.4, -0.2) is 30.1 Å². The van der Waals surface area contributed by atoms with Crippen LogP contribution in [-0.2, 0) is 9.59 Å². The highest BCUT2D eigenvalue weighted by Gasteiger charge is 2.24. The van der Waals surface area contributed by atoms with Gasteiger partial charge in [0.15, 0.2) is 0 Å². The molecule has 1 aromatic rings. The SMILES string of the molecule is CC(C)(CC(=O)O)CC(=O)NCCOc1ccccc1. The Hall–Kier alpha value is -2.04. The lowest BCUT2D eigenvalue weighted by molar-refractivity contribution is -0.139. The lowest BCUT2D eigenvalue weighted by Gasteiger charge is -2.21. The maximum atomic E-state index is 11.7. The molecule has 0 radical (unpaired) electrons. The van der Waals surface area contributed by atoms with Crippen molar-refractivity contribution in [3.05, 3.63) is 30.3 Å². The first-order valence-corrected chi connectivity index (χ1v) is 6.55. The van der Waals surface area contributed by atoms with Gasteiger partial charge in [0, 0.05) is 6.42 Å². The molecule has 2 N–H and O–H groups in total. The largest absolute Gasteiger partial charge is 0.492 e. The van der Waals surface area contributed by atoms with Crippen molar-refractivity contribution in [3.63, 3.8) is 0 Å². The van der Waals surface area contributed by atoms with Crippen molar-refractivity contribution in [3.8, 4) is 5.75 Å². The van der Waals surface area contributed by atoms with E-state index in [-0.39, 0.29) is 18.7 Å². The first kappa shape index (κ1) is 16.0. The van der Waals surface area contributed by atoms with E-state index in [4.69, 9.17) is 9.84 Å². The third kappa shape index (κ3) is 6.78. The molecule has 110 valence electrons. The van der Waals surface area contributed by atoms with Gasteiger partial charge in [-0.1, -0.05) is 32.0 Å². The molecule has 0 aromatic heterocycles. The third-order valence-electron chi connectivity index (χ3n) is 2.71. The van der Waals surface area contributed by atoms with Gasteiger partial charge in [-0.25, -0.2) is 0 Å². The minimum absolute atomic E-state index is 0.0268. The first-order valence-electron chi connectivity index (χ1n) is 6.55. The number of aliphatic carboxylic acids is 1. The van der Waals surface area contributed by atoms with Gasteiger partial charge in [-0.3, -0.25) is 9.59 Å². The molecule has 0 unspecified atom stereocenters. The van der Waals surface area contributed by atoms with Crippen LogP contribution in [0.1, 0.15) is 26.7 Å². The monoisotopic (exact) mass is 279 g/mol. The minimum Gasteiger partial charge on any atom is -0.492 e. The Morgan fingerprint density at radius 2 is 1.85 bits per heavy atom. The zero-order valence-corrected chi connectivity index (χ0v) is 11.9. The number of carbonyl (C=O) groups excluding carboxylic acids is 1. The fourth-order valence-electron chi connectivity index (χ4n) is 1.85. The standard InChI is InChI=1S/C15H21NO4/c1-15(2,11-14(18)19)10-13(17)16-8-9-20-12-6-4-3-5-7-12/h3-7H,8-11H2,1-2H3,(H,16,17)(H,18,19). The summed E-state index contributed by atoms with van der Waals surface area (Å²) in [6.45, 7) is 4.31. The van der Waals surface area contributed by atoms with Gasteiger partial charge in [0.05, 0.1) is 13.0 Å². The van der Waals surface area contributed by atoms with Gasteiger partial charge < -0.3 is 15.2 Å². The summed E-state index contributed by atoms with van der Waals surface area (Å²) in [7, 11) is 0. The second-order valence-electron chi connectivity index (χ2n) is 5.42.